The summed E-state index contributed by atoms with van der Waals surface area (Å²) in [5.41, 5.74) is 7.79. The van der Waals surface area contributed by atoms with E-state index in [2.05, 4.69) is 29.1 Å². The highest BCUT2D eigenvalue weighted by atomic mass is 35.5. The smallest absolute Gasteiger partial charge is 0.129 e. The number of halogens is 1. The van der Waals surface area contributed by atoms with E-state index in [1.54, 1.807) is 12.3 Å². The van der Waals surface area contributed by atoms with Crippen LogP contribution in [0.5, 0.6) is 0 Å². The number of aryl methyl sites for hydroxylation is 2. The van der Waals surface area contributed by atoms with Crippen LogP contribution in [0, 0.1) is 6.92 Å². The average Bonchev–Trinajstić information content (AvgIpc) is 3.30. The molecule has 0 bridgehead atoms. The Morgan fingerprint density at radius 2 is 2.00 bits per heavy atom. The summed E-state index contributed by atoms with van der Waals surface area (Å²) >= 11 is 5.98. The summed E-state index contributed by atoms with van der Waals surface area (Å²) in [7, 11) is 0. The second kappa shape index (κ2) is 6.58. The lowest BCUT2D eigenvalue weighted by Crippen LogP contribution is -2.14. The van der Waals surface area contributed by atoms with Crippen molar-refractivity contribution in [3.8, 4) is 28.3 Å². The molecule has 6 nitrogen and oxygen atoms in total. The van der Waals surface area contributed by atoms with E-state index in [0.29, 0.717) is 10.8 Å². The van der Waals surface area contributed by atoms with Crippen molar-refractivity contribution in [2.45, 2.75) is 26.5 Å². The van der Waals surface area contributed by atoms with E-state index in [4.69, 9.17) is 16.7 Å². The van der Waals surface area contributed by atoms with Gasteiger partial charge in [0, 0.05) is 23.9 Å². The van der Waals surface area contributed by atoms with Gasteiger partial charge in [-0.05, 0) is 43.2 Å². The van der Waals surface area contributed by atoms with Crippen LogP contribution in [0.2, 0.25) is 5.15 Å². The summed E-state index contributed by atoms with van der Waals surface area (Å²) in [4.78, 5) is 4.23. The van der Waals surface area contributed by atoms with E-state index in [-0.39, 0.29) is 6.61 Å². The van der Waals surface area contributed by atoms with Gasteiger partial charge in [0.2, 0.25) is 0 Å². The van der Waals surface area contributed by atoms with E-state index in [1.165, 1.54) is 0 Å². The van der Waals surface area contributed by atoms with Gasteiger partial charge in [-0.1, -0.05) is 29.8 Å². The number of rotatable bonds is 3. The Morgan fingerprint density at radius 3 is 2.75 bits per heavy atom. The molecule has 1 aliphatic rings. The molecule has 0 spiro atoms. The molecule has 5 rings (SSSR count). The minimum atomic E-state index is -0.0816. The molecule has 1 aromatic carbocycles. The SMILES string of the molecule is Cc1ccccc1-n1nc(-c2ccc(Cl)nc2)c2c1-c1cc(CO)nn1CC2. The standard InChI is InChI=1S/C21H18ClN5O/c1-13-4-2-3-5-17(13)27-21-16(8-9-26-18(21)10-15(12-28)24-26)20(25-27)14-6-7-19(22)23-11-14/h2-7,10-11,28H,8-9,12H2,1H3. The minimum absolute atomic E-state index is 0.0816. The van der Waals surface area contributed by atoms with Crippen molar-refractivity contribution < 1.29 is 5.11 Å². The van der Waals surface area contributed by atoms with Crippen LogP contribution in [0.25, 0.3) is 28.3 Å². The van der Waals surface area contributed by atoms with Crippen molar-refractivity contribution >= 4 is 11.6 Å². The van der Waals surface area contributed by atoms with Gasteiger partial charge in [-0.2, -0.15) is 10.2 Å². The molecular weight excluding hydrogens is 374 g/mol. The predicted molar refractivity (Wildman–Crippen MR) is 107 cm³/mol. The van der Waals surface area contributed by atoms with Crippen molar-refractivity contribution in [3.63, 3.8) is 0 Å². The van der Waals surface area contributed by atoms with E-state index in [9.17, 15) is 5.11 Å². The summed E-state index contributed by atoms with van der Waals surface area (Å²) < 4.78 is 3.94. The maximum atomic E-state index is 9.56. The van der Waals surface area contributed by atoms with Crippen LogP contribution < -0.4 is 0 Å². The fourth-order valence-electron chi connectivity index (χ4n) is 3.80. The Morgan fingerprint density at radius 1 is 1.14 bits per heavy atom. The Labute approximate surface area is 167 Å². The normalized spacial score (nSPS) is 12.7. The third-order valence-corrected chi connectivity index (χ3v) is 5.36. The van der Waals surface area contributed by atoms with Gasteiger partial charge in [0.1, 0.15) is 5.15 Å². The molecule has 1 aliphatic heterocycles. The van der Waals surface area contributed by atoms with Crippen LogP contribution in [0.1, 0.15) is 16.8 Å². The van der Waals surface area contributed by atoms with E-state index >= 15 is 0 Å². The van der Waals surface area contributed by atoms with Crippen LogP contribution >= 0.6 is 11.6 Å². The van der Waals surface area contributed by atoms with E-state index in [1.807, 2.05) is 33.6 Å². The minimum Gasteiger partial charge on any atom is -0.390 e. The van der Waals surface area contributed by atoms with Crippen LogP contribution in [-0.2, 0) is 19.6 Å². The highest BCUT2D eigenvalue weighted by Gasteiger charge is 2.28. The molecule has 4 heterocycles. The number of aliphatic hydroxyl groups excluding tert-OH is 1. The lowest BCUT2D eigenvalue weighted by molar-refractivity contribution is 0.275. The third kappa shape index (κ3) is 2.65. The topological polar surface area (TPSA) is 68.8 Å². The van der Waals surface area contributed by atoms with Gasteiger partial charge in [0.15, 0.2) is 0 Å². The molecule has 1 N–H and O–H groups in total. The second-order valence-corrected chi connectivity index (χ2v) is 7.28. The van der Waals surface area contributed by atoms with Gasteiger partial charge < -0.3 is 5.11 Å². The van der Waals surface area contributed by atoms with Crippen molar-refractivity contribution in [1.82, 2.24) is 24.5 Å². The summed E-state index contributed by atoms with van der Waals surface area (Å²) in [5, 5.41) is 19.5. The third-order valence-electron chi connectivity index (χ3n) is 5.14. The second-order valence-electron chi connectivity index (χ2n) is 6.90. The Bertz CT molecular complexity index is 1180. The molecule has 0 radical (unpaired) electrons. The first-order valence-electron chi connectivity index (χ1n) is 9.13. The van der Waals surface area contributed by atoms with E-state index < -0.39 is 0 Å². The number of aliphatic hydroxyl groups is 1. The predicted octanol–water partition coefficient (Wildman–Crippen LogP) is 3.81. The maximum absolute atomic E-state index is 9.56. The van der Waals surface area contributed by atoms with Gasteiger partial charge in [0.05, 0.1) is 35.1 Å². The molecule has 28 heavy (non-hydrogen) atoms. The number of pyridine rings is 1. The molecule has 0 aliphatic carbocycles. The summed E-state index contributed by atoms with van der Waals surface area (Å²) in [5.74, 6) is 0. The molecule has 0 unspecified atom stereocenters. The molecule has 0 saturated carbocycles. The summed E-state index contributed by atoms with van der Waals surface area (Å²) in [6, 6.07) is 13.9. The van der Waals surface area contributed by atoms with Crippen molar-refractivity contribution in [3.05, 3.63) is 70.6 Å². The molecule has 4 aromatic rings. The summed E-state index contributed by atoms with van der Waals surface area (Å²) in [6.07, 6.45) is 2.57. The quantitative estimate of drug-likeness (QED) is 0.539. The first-order chi connectivity index (χ1) is 13.7. The van der Waals surface area contributed by atoms with Crippen molar-refractivity contribution in [2.24, 2.45) is 0 Å². The number of aromatic nitrogens is 5. The molecular formula is C21H18ClN5O. The Hall–Kier alpha value is -2.96. The van der Waals surface area contributed by atoms with Crippen LogP contribution in [0.15, 0.2) is 48.7 Å². The highest BCUT2D eigenvalue weighted by Crippen LogP contribution is 2.38. The zero-order valence-electron chi connectivity index (χ0n) is 15.3. The number of nitrogens with zero attached hydrogens (tertiary/aromatic N) is 5. The van der Waals surface area contributed by atoms with Gasteiger partial charge in [0.25, 0.3) is 0 Å². The molecule has 0 saturated heterocycles. The fraction of sp³-hybridized carbons (Fsp3) is 0.190. The molecule has 0 atom stereocenters. The van der Waals surface area contributed by atoms with E-state index in [0.717, 1.165) is 52.4 Å². The largest absolute Gasteiger partial charge is 0.390 e. The maximum Gasteiger partial charge on any atom is 0.129 e. The monoisotopic (exact) mass is 391 g/mol. The lowest BCUT2D eigenvalue weighted by atomic mass is 10.00. The number of benzene rings is 1. The van der Waals surface area contributed by atoms with Crippen molar-refractivity contribution in [1.29, 1.82) is 0 Å². The Kier molecular flexibility index (Phi) is 4.03. The zero-order chi connectivity index (χ0) is 19.3. The lowest BCUT2D eigenvalue weighted by Gasteiger charge is -2.17. The first-order valence-corrected chi connectivity index (χ1v) is 9.51. The number of hydrogen-bond acceptors (Lipinski definition) is 4. The molecule has 0 amide bonds. The summed E-state index contributed by atoms with van der Waals surface area (Å²) in [6.45, 7) is 2.74. The number of fused-ring (bicyclic) bond motifs is 3. The van der Waals surface area contributed by atoms with Gasteiger partial charge in [-0.15, -0.1) is 0 Å². The average molecular weight is 392 g/mol. The molecule has 0 fully saturated rings. The highest BCUT2D eigenvalue weighted by molar-refractivity contribution is 6.29. The van der Waals surface area contributed by atoms with Crippen molar-refractivity contribution in [2.75, 3.05) is 0 Å². The fourth-order valence-corrected chi connectivity index (χ4v) is 3.91. The van der Waals surface area contributed by atoms with Crippen LogP contribution in [-0.4, -0.2) is 29.7 Å². The van der Waals surface area contributed by atoms with Crippen LogP contribution in [0.4, 0.5) is 0 Å². The van der Waals surface area contributed by atoms with Crippen LogP contribution in [0.3, 0.4) is 0 Å². The van der Waals surface area contributed by atoms with Gasteiger partial charge >= 0.3 is 0 Å². The molecule has 3 aromatic heterocycles. The zero-order valence-corrected chi connectivity index (χ0v) is 16.1. The first kappa shape index (κ1) is 17.2. The number of hydrogen-bond donors (Lipinski definition) is 1. The van der Waals surface area contributed by atoms with Gasteiger partial charge in [-0.25, -0.2) is 9.67 Å². The van der Waals surface area contributed by atoms with Gasteiger partial charge in [-0.3, -0.25) is 4.68 Å². The molecule has 7 heteroatoms. The number of para-hydroxylation sites is 1. The molecule has 140 valence electrons. The Balaban J connectivity index is 1.80.